The van der Waals surface area contributed by atoms with Gasteiger partial charge in [0.15, 0.2) is 0 Å². The largest absolute Gasteiger partial charge is 0.368 e. The summed E-state index contributed by atoms with van der Waals surface area (Å²) in [7, 11) is 0. The van der Waals surface area contributed by atoms with Crippen molar-refractivity contribution in [1.82, 2.24) is 10.6 Å². The normalized spacial score (nSPS) is 11.7. The molecule has 0 aliphatic carbocycles. The third-order valence-electron chi connectivity index (χ3n) is 3.17. The van der Waals surface area contributed by atoms with Crippen LogP contribution in [-0.2, 0) is 14.4 Å². The molecule has 0 heterocycles. The number of amides is 3. The minimum absolute atomic E-state index is 0.0743. The topological polar surface area (TPSA) is 101 Å². The average molecular weight is 285 g/mol. The Morgan fingerprint density at radius 3 is 2.15 bits per heavy atom. The van der Waals surface area contributed by atoms with Crippen molar-refractivity contribution < 1.29 is 14.4 Å². The van der Waals surface area contributed by atoms with E-state index in [1.54, 1.807) is 0 Å². The molecule has 0 saturated carbocycles. The molecule has 0 aromatic rings. The van der Waals surface area contributed by atoms with Crippen LogP contribution in [0.4, 0.5) is 0 Å². The summed E-state index contributed by atoms with van der Waals surface area (Å²) in [6.07, 6.45) is 4.69. The van der Waals surface area contributed by atoms with Crippen LogP contribution in [0.25, 0.3) is 0 Å². The Morgan fingerprint density at radius 2 is 1.65 bits per heavy atom. The van der Waals surface area contributed by atoms with Crippen molar-refractivity contribution >= 4 is 17.7 Å². The van der Waals surface area contributed by atoms with Crippen molar-refractivity contribution in [2.24, 2.45) is 11.7 Å². The molecule has 0 radical (unpaired) electrons. The Hall–Kier alpha value is -1.59. The van der Waals surface area contributed by atoms with Gasteiger partial charge in [0, 0.05) is 19.4 Å². The van der Waals surface area contributed by atoms with Crippen molar-refractivity contribution in [3.05, 3.63) is 0 Å². The van der Waals surface area contributed by atoms with Crippen molar-refractivity contribution in [3.63, 3.8) is 0 Å². The zero-order chi connectivity index (χ0) is 15.4. The van der Waals surface area contributed by atoms with E-state index in [4.69, 9.17) is 5.73 Å². The molecule has 0 aromatic carbocycles. The molecule has 4 N–H and O–H groups in total. The average Bonchev–Trinajstić information content (AvgIpc) is 2.43. The number of primary amides is 1. The third-order valence-corrected chi connectivity index (χ3v) is 3.17. The van der Waals surface area contributed by atoms with Gasteiger partial charge in [0.1, 0.15) is 0 Å². The highest BCUT2D eigenvalue weighted by molar-refractivity contribution is 5.86. The van der Waals surface area contributed by atoms with E-state index in [0.717, 1.165) is 19.3 Å². The van der Waals surface area contributed by atoms with Crippen LogP contribution in [0.5, 0.6) is 0 Å². The molecule has 6 nitrogen and oxygen atoms in total. The second-order valence-corrected chi connectivity index (χ2v) is 4.96. The van der Waals surface area contributed by atoms with Gasteiger partial charge < -0.3 is 16.4 Å². The predicted molar refractivity (Wildman–Crippen MR) is 77.8 cm³/mol. The van der Waals surface area contributed by atoms with Crippen LogP contribution in [0.15, 0.2) is 0 Å². The molecule has 116 valence electrons. The van der Waals surface area contributed by atoms with E-state index in [9.17, 15) is 14.4 Å². The Labute approximate surface area is 120 Å². The maximum atomic E-state index is 11.6. The zero-order valence-electron chi connectivity index (χ0n) is 12.5. The van der Waals surface area contributed by atoms with Gasteiger partial charge in [-0.25, -0.2) is 0 Å². The minimum atomic E-state index is -0.593. The molecule has 0 aliphatic heterocycles. The quantitative estimate of drug-likeness (QED) is 0.521. The van der Waals surface area contributed by atoms with Crippen LogP contribution in [0.1, 0.15) is 52.4 Å². The molecule has 1 atom stereocenters. The third kappa shape index (κ3) is 10.3. The first kappa shape index (κ1) is 18.4. The van der Waals surface area contributed by atoms with Crippen molar-refractivity contribution in [1.29, 1.82) is 0 Å². The second-order valence-electron chi connectivity index (χ2n) is 4.96. The Morgan fingerprint density at radius 1 is 1.05 bits per heavy atom. The summed E-state index contributed by atoms with van der Waals surface area (Å²) in [6.45, 7) is 4.74. The summed E-state index contributed by atoms with van der Waals surface area (Å²) < 4.78 is 0. The molecule has 20 heavy (non-hydrogen) atoms. The minimum Gasteiger partial charge on any atom is -0.368 e. The van der Waals surface area contributed by atoms with Crippen LogP contribution in [-0.4, -0.2) is 30.8 Å². The van der Waals surface area contributed by atoms with Crippen molar-refractivity contribution in [3.8, 4) is 0 Å². The first-order valence-electron chi connectivity index (χ1n) is 7.31. The van der Waals surface area contributed by atoms with Crippen LogP contribution >= 0.6 is 0 Å². The van der Waals surface area contributed by atoms with E-state index in [1.165, 1.54) is 6.42 Å². The lowest BCUT2D eigenvalue weighted by Gasteiger charge is -2.15. The molecule has 0 saturated heterocycles. The van der Waals surface area contributed by atoms with E-state index in [2.05, 4.69) is 24.5 Å². The highest BCUT2D eigenvalue weighted by Crippen LogP contribution is 2.11. The second kappa shape index (κ2) is 11.3. The molecule has 0 bridgehead atoms. The summed E-state index contributed by atoms with van der Waals surface area (Å²) in [4.78, 5) is 33.4. The number of hydrogen-bond donors (Lipinski definition) is 3. The lowest BCUT2D eigenvalue weighted by molar-refractivity contribution is -0.127. The zero-order valence-corrected chi connectivity index (χ0v) is 12.5. The lowest BCUT2D eigenvalue weighted by atomic mass is 9.99. The van der Waals surface area contributed by atoms with Gasteiger partial charge in [-0.05, 0) is 12.3 Å². The van der Waals surface area contributed by atoms with Crippen LogP contribution in [0.3, 0.4) is 0 Å². The number of rotatable bonds is 11. The van der Waals surface area contributed by atoms with Gasteiger partial charge in [-0.1, -0.05) is 33.1 Å². The lowest BCUT2D eigenvalue weighted by Crippen LogP contribution is -2.34. The Balaban J connectivity index is 3.76. The standard InChI is InChI=1S/C14H27N3O3/c1-3-5-6-11(4-2)9-16-13(19)7-8-14(20)17-10-12(15)18/h11H,3-10H2,1-2H3,(H2,15,18)(H,16,19)(H,17,20)/t11-/m0/s1. The highest BCUT2D eigenvalue weighted by Gasteiger charge is 2.10. The van der Waals surface area contributed by atoms with Gasteiger partial charge in [-0.3, -0.25) is 14.4 Å². The molecule has 0 rings (SSSR count). The summed E-state index contributed by atoms with van der Waals surface area (Å²) >= 11 is 0. The molecular weight excluding hydrogens is 258 g/mol. The van der Waals surface area contributed by atoms with Crippen molar-refractivity contribution in [2.45, 2.75) is 52.4 Å². The number of nitrogens with two attached hydrogens (primary N) is 1. The van der Waals surface area contributed by atoms with E-state index in [1.807, 2.05) is 0 Å². The first-order chi connectivity index (χ1) is 9.49. The summed E-state index contributed by atoms with van der Waals surface area (Å²) in [5.41, 5.74) is 4.90. The van der Waals surface area contributed by atoms with Gasteiger partial charge >= 0.3 is 0 Å². The molecule has 0 spiro atoms. The SMILES string of the molecule is CCCC[C@H](CC)CNC(=O)CCC(=O)NCC(N)=O. The maximum absolute atomic E-state index is 11.6. The van der Waals surface area contributed by atoms with E-state index < -0.39 is 5.91 Å². The fourth-order valence-corrected chi connectivity index (χ4v) is 1.79. The highest BCUT2D eigenvalue weighted by atomic mass is 16.2. The molecule has 0 fully saturated rings. The molecule has 6 heteroatoms. The smallest absolute Gasteiger partial charge is 0.236 e. The fraction of sp³-hybridized carbons (Fsp3) is 0.786. The molecule has 0 unspecified atom stereocenters. The summed E-state index contributed by atoms with van der Waals surface area (Å²) in [6, 6.07) is 0. The van der Waals surface area contributed by atoms with E-state index in [0.29, 0.717) is 12.5 Å². The molecule has 0 aromatic heterocycles. The van der Waals surface area contributed by atoms with Gasteiger partial charge in [0.2, 0.25) is 17.7 Å². The number of unbranched alkanes of at least 4 members (excludes halogenated alkanes) is 1. The Bertz CT molecular complexity index is 319. The van der Waals surface area contributed by atoms with Gasteiger partial charge in [0.05, 0.1) is 6.54 Å². The molecular formula is C14H27N3O3. The fourth-order valence-electron chi connectivity index (χ4n) is 1.79. The number of nitrogens with one attached hydrogen (secondary N) is 2. The van der Waals surface area contributed by atoms with E-state index >= 15 is 0 Å². The number of carbonyl (C=O) groups is 3. The van der Waals surface area contributed by atoms with Crippen LogP contribution < -0.4 is 16.4 Å². The Kier molecular flexibility index (Phi) is 10.4. The summed E-state index contributed by atoms with van der Waals surface area (Å²) in [5.74, 6) is -0.557. The van der Waals surface area contributed by atoms with Gasteiger partial charge in [-0.15, -0.1) is 0 Å². The monoisotopic (exact) mass is 285 g/mol. The van der Waals surface area contributed by atoms with Gasteiger partial charge in [-0.2, -0.15) is 0 Å². The van der Waals surface area contributed by atoms with Gasteiger partial charge in [0.25, 0.3) is 0 Å². The number of hydrogen-bond acceptors (Lipinski definition) is 3. The first-order valence-corrected chi connectivity index (χ1v) is 7.31. The van der Waals surface area contributed by atoms with Crippen molar-refractivity contribution in [2.75, 3.05) is 13.1 Å². The number of carbonyl (C=O) groups excluding carboxylic acids is 3. The predicted octanol–water partition coefficient (Wildman–Crippen LogP) is 0.701. The summed E-state index contributed by atoms with van der Waals surface area (Å²) in [5, 5.41) is 5.20. The molecule has 3 amide bonds. The van der Waals surface area contributed by atoms with E-state index in [-0.39, 0.29) is 31.2 Å². The van der Waals surface area contributed by atoms with Crippen LogP contribution in [0, 0.1) is 5.92 Å². The molecule has 0 aliphatic rings. The maximum Gasteiger partial charge on any atom is 0.236 e. The van der Waals surface area contributed by atoms with Crippen LogP contribution in [0.2, 0.25) is 0 Å².